The first-order valence-electron chi connectivity index (χ1n) is 5.24. The van der Waals surface area contributed by atoms with Crippen molar-refractivity contribution < 1.29 is 4.79 Å². The standard InChI is InChI=1S/C11H18N2OS/c1-8(2)12-5-4-10(14)6-11-13-9(3)7-15-11/h7-8,12H,4-6H2,1-3H3. The lowest BCUT2D eigenvalue weighted by Crippen LogP contribution is -2.25. The molecule has 0 bridgehead atoms. The zero-order valence-electron chi connectivity index (χ0n) is 9.54. The van der Waals surface area contributed by atoms with Crippen LogP contribution in [0.25, 0.3) is 0 Å². The SMILES string of the molecule is Cc1csc(CC(=O)CCNC(C)C)n1. The van der Waals surface area contributed by atoms with E-state index in [2.05, 4.69) is 24.1 Å². The van der Waals surface area contributed by atoms with Crippen molar-refractivity contribution in [3.8, 4) is 0 Å². The van der Waals surface area contributed by atoms with E-state index in [0.717, 1.165) is 17.2 Å². The number of rotatable bonds is 6. The summed E-state index contributed by atoms with van der Waals surface area (Å²) in [7, 11) is 0. The molecule has 0 aliphatic carbocycles. The maximum Gasteiger partial charge on any atom is 0.140 e. The van der Waals surface area contributed by atoms with Gasteiger partial charge in [-0.2, -0.15) is 0 Å². The normalized spacial score (nSPS) is 10.9. The van der Waals surface area contributed by atoms with Gasteiger partial charge in [0.25, 0.3) is 0 Å². The fourth-order valence-corrected chi connectivity index (χ4v) is 2.04. The van der Waals surface area contributed by atoms with E-state index in [1.54, 1.807) is 11.3 Å². The highest BCUT2D eigenvalue weighted by molar-refractivity contribution is 7.09. The Bertz CT molecular complexity index is 320. The molecule has 1 heterocycles. The first-order chi connectivity index (χ1) is 7.08. The first kappa shape index (κ1) is 12.3. The van der Waals surface area contributed by atoms with Crippen LogP contribution in [0.5, 0.6) is 0 Å². The molecule has 84 valence electrons. The molecule has 3 nitrogen and oxygen atoms in total. The highest BCUT2D eigenvalue weighted by Crippen LogP contribution is 2.10. The van der Waals surface area contributed by atoms with Crippen LogP contribution < -0.4 is 5.32 Å². The van der Waals surface area contributed by atoms with Gasteiger partial charge in [0.2, 0.25) is 0 Å². The Kier molecular flexibility index (Phi) is 4.91. The van der Waals surface area contributed by atoms with Gasteiger partial charge < -0.3 is 5.32 Å². The second kappa shape index (κ2) is 5.98. The Balaban J connectivity index is 2.24. The van der Waals surface area contributed by atoms with Crippen molar-refractivity contribution in [2.24, 2.45) is 0 Å². The average Bonchev–Trinajstić information content (AvgIpc) is 2.50. The lowest BCUT2D eigenvalue weighted by Gasteiger charge is -2.06. The molecule has 0 spiro atoms. The number of ketones is 1. The Labute approximate surface area is 94.9 Å². The summed E-state index contributed by atoms with van der Waals surface area (Å²) < 4.78 is 0. The van der Waals surface area contributed by atoms with Crippen molar-refractivity contribution in [2.45, 2.75) is 39.7 Å². The molecule has 0 amide bonds. The van der Waals surface area contributed by atoms with Crippen LogP contribution in [-0.2, 0) is 11.2 Å². The van der Waals surface area contributed by atoms with Crippen molar-refractivity contribution in [1.82, 2.24) is 10.3 Å². The van der Waals surface area contributed by atoms with Gasteiger partial charge in [-0.15, -0.1) is 11.3 Å². The average molecular weight is 226 g/mol. The van der Waals surface area contributed by atoms with Gasteiger partial charge in [-0.05, 0) is 6.92 Å². The van der Waals surface area contributed by atoms with Gasteiger partial charge in [-0.3, -0.25) is 4.79 Å². The van der Waals surface area contributed by atoms with Crippen molar-refractivity contribution in [3.63, 3.8) is 0 Å². The highest BCUT2D eigenvalue weighted by Gasteiger charge is 2.06. The Morgan fingerprint density at radius 3 is 2.87 bits per heavy atom. The molecule has 4 heteroatoms. The molecule has 1 rings (SSSR count). The van der Waals surface area contributed by atoms with Gasteiger partial charge >= 0.3 is 0 Å². The van der Waals surface area contributed by atoms with Crippen molar-refractivity contribution in [2.75, 3.05) is 6.54 Å². The summed E-state index contributed by atoms with van der Waals surface area (Å²) in [5.74, 6) is 0.262. The van der Waals surface area contributed by atoms with Crippen LogP contribution in [0.15, 0.2) is 5.38 Å². The number of carbonyl (C=O) groups is 1. The molecule has 0 saturated carbocycles. The van der Waals surface area contributed by atoms with E-state index in [0.29, 0.717) is 18.9 Å². The molecule has 1 N–H and O–H groups in total. The lowest BCUT2D eigenvalue weighted by atomic mass is 10.2. The zero-order chi connectivity index (χ0) is 11.3. The van der Waals surface area contributed by atoms with E-state index in [9.17, 15) is 4.79 Å². The van der Waals surface area contributed by atoms with E-state index in [-0.39, 0.29) is 5.78 Å². The van der Waals surface area contributed by atoms with Gasteiger partial charge in [-0.25, -0.2) is 4.98 Å². The third-order valence-electron chi connectivity index (χ3n) is 1.97. The summed E-state index contributed by atoms with van der Waals surface area (Å²) >= 11 is 1.57. The third-order valence-corrected chi connectivity index (χ3v) is 2.94. The van der Waals surface area contributed by atoms with Gasteiger partial charge in [0.05, 0.1) is 6.42 Å². The lowest BCUT2D eigenvalue weighted by molar-refractivity contribution is -0.118. The molecule has 0 radical (unpaired) electrons. The Morgan fingerprint density at radius 1 is 1.60 bits per heavy atom. The third kappa shape index (κ3) is 5.04. The molecule has 15 heavy (non-hydrogen) atoms. The molecule has 0 aromatic carbocycles. The summed E-state index contributed by atoms with van der Waals surface area (Å²) in [5, 5.41) is 6.14. The number of carbonyl (C=O) groups excluding carboxylic acids is 1. The highest BCUT2D eigenvalue weighted by atomic mass is 32.1. The number of nitrogens with zero attached hydrogens (tertiary/aromatic N) is 1. The van der Waals surface area contributed by atoms with E-state index in [4.69, 9.17) is 0 Å². The molecule has 1 aromatic rings. The van der Waals surface area contributed by atoms with Crippen LogP contribution in [0.4, 0.5) is 0 Å². The topological polar surface area (TPSA) is 42.0 Å². The summed E-state index contributed by atoms with van der Waals surface area (Å²) in [6.45, 7) is 6.87. The Morgan fingerprint density at radius 2 is 2.33 bits per heavy atom. The largest absolute Gasteiger partial charge is 0.314 e. The fraction of sp³-hybridized carbons (Fsp3) is 0.636. The maximum atomic E-state index is 11.5. The zero-order valence-corrected chi connectivity index (χ0v) is 10.4. The summed E-state index contributed by atoms with van der Waals surface area (Å²) in [5.41, 5.74) is 1.00. The molecular weight excluding hydrogens is 208 g/mol. The van der Waals surface area contributed by atoms with Crippen LogP contribution in [0.3, 0.4) is 0 Å². The molecule has 0 atom stereocenters. The van der Waals surface area contributed by atoms with E-state index >= 15 is 0 Å². The predicted octanol–water partition coefficient (Wildman–Crippen LogP) is 1.95. The maximum absolute atomic E-state index is 11.5. The van der Waals surface area contributed by atoms with Gasteiger partial charge in [0, 0.05) is 30.1 Å². The minimum atomic E-state index is 0.262. The predicted molar refractivity (Wildman–Crippen MR) is 63.3 cm³/mol. The summed E-state index contributed by atoms with van der Waals surface area (Å²) in [6, 6.07) is 0.444. The molecule has 0 saturated heterocycles. The van der Waals surface area contributed by atoms with Crippen LogP contribution in [0.2, 0.25) is 0 Å². The van der Waals surface area contributed by atoms with E-state index in [1.807, 2.05) is 12.3 Å². The quantitative estimate of drug-likeness (QED) is 0.806. The minimum absolute atomic E-state index is 0.262. The van der Waals surface area contributed by atoms with Crippen molar-refractivity contribution in [1.29, 1.82) is 0 Å². The van der Waals surface area contributed by atoms with Gasteiger partial charge in [-0.1, -0.05) is 13.8 Å². The number of thiazole rings is 1. The first-order valence-corrected chi connectivity index (χ1v) is 6.12. The molecular formula is C11H18N2OS. The second-order valence-corrected chi connectivity index (χ2v) is 4.90. The molecule has 0 aliphatic rings. The molecule has 0 fully saturated rings. The minimum Gasteiger partial charge on any atom is -0.314 e. The number of aryl methyl sites for hydroxylation is 1. The number of Topliss-reactive ketones (excluding diaryl/α,β-unsaturated/α-hetero) is 1. The van der Waals surface area contributed by atoms with Crippen molar-refractivity contribution >= 4 is 17.1 Å². The number of nitrogens with one attached hydrogen (secondary N) is 1. The van der Waals surface area contributed by atoms with Crippen LogP contribution in [-0.4, -0.2) is 23.4 Å². The van der Waals surface area contributed by atoms with Gasteiger partial charge in [0.1, 0.15) is 10.8 Å². The summed E-state index contributed by atoms with van der Waals surface area (Å²) in [4.78, 5) is 15.8. The van der Waals surface area contributed by atoms with Crippen LogP contribution in [0.1, 0.15) is 31.0 Å². The van der Waals surface area contributed by atoms with E-state index < -0.39 is 0 Å². The molecule has 0 unspecified atom stereocenters. The Hall–Kier alpha value is -0.740. The monoisotopic (exact) mass is 226 g/mol. The number of hydrogen-bond donors (Lipinski definition) is 1. The number of aromatic nitrogens is 1. The van der Waals surface area contributed by atoms with E-state index in [1.165, 1.54) is 0 Å². The van der Waals surface area contributed by atoms with Crippen LogP contribution >= 0.6 is 11.3 Å². The fourth-order valence-electron chi connectivity index (χ4n) is 1.24. The van der Waals surface area contributed by atoms with Gasteiger partial charge in [0.15, 0.2) is 0 Å². The molecule has 0 aliphatic heterocycles. The van der Waals surface area contributed by atoms with Crippen LogP contribution in [0, 0.1) is 6.92 Å². The van der Waals surface area contributed by atoms with Crippen molar-refractivity contribution in [3.05, 3.63) is 16.1 Å². The summed E-state index contributed by atoms with van der Waals surface area (Å²) in [6.07, 6.45) is 1.08. The number of hydrogen-bond acceptors (Lipinski definition) is 4. The smallest absolute Gasteiger partial charge is 0.140 e. The molecule has 1 aromatic heterocycles. The second-order valence-electron chi connectivity index (χ2n) is 3.96.